The molecule has 1 fully saturated rings. The van der Waals surface area contributed by atoms with E-state index < -0.39 is 11.6 Å². The average molecular weight is 307 g/mol. The fourth-order valence-corrected chi connectivity index (χ4v) is 2.48. The molecule has 1 aliphatic rings. The van der Waals surface area contributed by atoms with Crippen LogP contribution in [0.3, 0.4) is 0 Å². The minimum absolute atomic E-state index is 0.120. The summed E-state index contributed by atoms with van der Waals surface area (Å²) in [5.41, 5.74) is 0. The lowest BCUT2D eigenvalue weighted by Gasteiger charge is -2.31. The van der Waals surface area contributed by atoms with E-state index in [9.17, 15) is 13.6 Å². The van der Waals surface area contributed by atoms with Crippen molar-refractivity contribution in [3.63, 3.8) is 0 Å². The topological polar surface area (TPSA) is 42.7 Å². The van der Waals surface area contributed by atoms with Gasteiger partial charge in [0.15, 0.2) is 17.4 Å². The Morgan fingerprint density at radius 1 is 1.18 bits per heavy atom. The highest BCUT2D eigenvalue weighted by atomic mass is 19.2. The smallest absolute Gasteiger partial charge is 0.289 e. The third-order valence-electron chi connectivity index (χ3n) is 3.65. The highest BCUT2D eigenvalue weighted by Crippen LogP contribution is 2.22. The van der Waals surface area contributed by atoms with Crippen molar-refractivity contribution in [1.82, 2.24) is 4.90 Å². The minimum Gasteiger partial charge on any atom is -0.490 e. The Hall–Kier alpha value is -2.37. The van der Waals surface area contributed by atoms with E-state index in [2.05, 4.69) is 0 Å². The number of nitrogens with zero attached hydrogens (tertiary/aromatic N) is 1. The van der Waals surface area contributed by atoms with Gasteiger partial charge in [0.05, 0.1) is 6.26 Å². The largest absolute Gasteiger partial charge is 0.490 e. The van der Waals surface area contributed by atoms with Crippen LogP contribution in [0.1, 0.15) is 23.4 Å². The van der Waals surface area contributed by atoms with Gasteiger partial charge in [0.2, 0.25) is 0 Å². The van der Waals surface area contributed by atoms with Gasteiger partial charge in [0, 0.05) is 32.0 Å². The summed E-state index contributed by atoms with van der Waals surface area (Å²) in [6.45, 7) is 1.07. The lowest BCUT2D eigenvalue weighted by Crippen LogP contribution is -2.41. The fraction of sp³-hybridized carbons (Fsp3) is 0.312. The summed E-state index contributed by atoms with van der Waals surface area (Å²) in [5, 5.41) is 0. The molecular weight excluding hydrogens is 292 g/mol. The summed E-state index contributed by atoms with van der Waals surface area (Å²) >= 11 is 0. The molecule has 0 unspecified atom stereocenters. The molecule has 0 N–H and O–H groups in total. The first kappa shape index (κ1) is 14.6. The zero-order valence-corrected chi connectivity index (χ0v) is 11.8. The number of halogens is 2. The molecule has 1 aromatic carbocycles. The Kier molecular flexibility index (Phi) is 4.09. The van der Waals surface area contributed by atoms with Crippen LogP contribution in [0.5, 0.6) is 5.75 Å². The first-order valence-electron chi connectivity index (χ1n) is 7.08. The maximum absolute atomic E-state index is 13.1. The Bertz CT molecular complexity index is 649. The summed E-state index contributed by atoms with van der Waals surface area (Å²) in [4.78, 5) is 13.8. The summed E-state index contributed by atoms with van der Waals surface area (Å²) in [5.74, 6) is -1.35. The van der Waals surface area contributed by atoms with Crippen LogP contribution in [-0.2, 0) is 0 Å². The molecule has 116 valence electrons. The van der Waals surface area contributed by atoms with Crippen LogP contribution in [0.25, 0.3) is 0 Å². The molecule has 3 rings (SSSR count). The summed E-state index contributed by atoms with van der Waals surface area (Å²) < 4.78 is 36.7. The normalized spacial score (nSPS) is 15.8. The van der Waals surface area contributed by atoms with Crippen molar-refractivity contribution in [2.45, 2.75) is 18.9 Å². The number of carbonyl (C=O) groups excluding carboxylic acids is 1. The van der Waals surface area contributed by atoms with Crippen molar-refractivity contribution in [2.24, 2.45) is 0 Å². The van der Waals surface area contributed by atoms with Gasteiger partial charge >= 0.3 is 0 Å². The van der Waals surface area contributed by atoms with Crippen molar-refractivity contribution >= 4 is 5.91 Å². The van der Waals surface area contributed by atoms with E-state index in [-0.39, 0.29) is 12.0 Å². The van der Waals surface area contributed by atoms with Crippen LogP contribution >= 0.6 is 0 Å². The molecular formula is C16H15F2NO3. The molecule has 0 atom stereocenters. The fourth-order valence-electron chi connectivity index (χ4n) is 2.48. The third kappa shape index (κ3) is 3.10. The zero-order valence-electron chi connectivity index (χ0n) is 11.8. The third-order valence-corrected chi connectivity index (χ3v) is 3.65. The van der Waals surface area contributed by atoms with Crippen LogP contribution in [-0.4, -0.2) is 30.0 Å². The average Bonchev–Trinajstić information content (AvgIpc) is 3.05. The molecule has 0 saturated carbocycles. The van der Waals surface area contributed by atoms with Gasteiger partial charge in [-0.1, -0.05) is 0 Å². The standard InChI is InChI=1S/C16H15F2NO3/c17-13-4-3-12(10-14(13)18)22-11-5-7-19(8-6-11)16(20)15-2-1-9-21-15/h1-4,9-11H,5-8H2. The van der Waals surface area contributed by atoms with E-state index in [1.165, 1.54) is 12.3 Å². The number of hydrogen-bond donors (Lipinski definition) is 0. The van der Waals surface area contributed by atoms with Gasteiger partial charge in [-0.15, -0.1) is 0 Å². The van der Waals surface area contributed by atoms with E-state index >= 15 is 0 Å². The number of carbonyl (C=O) groups is 1. The van der Waals surface area contributed by atoms with Crippen molar-refractivity contribution in [3.8, 4) is 5.75 Å². The van der Waals surface area contributed by atoms with Crippen LogP contribution in [0, 0.1) is 11.6 Å². The highest BCUT2D eigenvalue weighted by molar-refractivity contribution is 5.91. The Balaban J connectivity index is 1.55. The molecule has 2 heterocycles. The van der Waals surface area contributed by atoms with Crippen molar-refractivity contribution in [3.05, 3.63) is 54.0 Å². The number of furan rings is 1. The van der Waals surface area contributed by atoms with Crippen molar-refractivity contribution in [1.29, 1.82) is 0 Å². The van der Waals surface area contributed by atoms with Gasteiger partial charge < -0.3 is 14.1 Å². The molecule has 22 heavy (non-hydrogen) atoms. The predicted molar refractivity (Wildman–Crippen MR) is 74.6 cm³/mol. The number of rotatable bonds is 3. The molecule has 0 radical (unpaired) electrons. The molecule has 1 saturated heterocycles. The van der Waals surface area contributed by atoms with Gasteiger partial charge in [-0.3, -0.25) is 4.79 Å². The van der Waals surface area contributed by atoms with Crippen LogP contribution in [0.2, 0.25) is 0 Å². The van der Waals surface area contributed by atoms with E-state index in [4.69, 9.17) is 9.15 Å². The van der Waals surface area contributed by atoms with E-state index in [1.54, 1.807) is 17.0 Å². The Labute approximate surface area is 126 Å². The molecule has 1 aliphatic heterocycles. The minimum atomic E-state index is -0.928. The zero-order chi connectivity index (χ0) is 15.5. The number of benzene rings is 1. The number of piperidine rings is 1. The second-order valence-electron chi connectivity index (χ2n) is 5.16. The highest BCUT2D eigenvalue weighted by Gasteiger charge is 2.26. The maximum Gasteiger partial charge on any atom is 0.289 e. The van der Waals surface area contributed by atoms with Crippen LogP contribution in [0.4, 0.5) is 8.78 Å². The van der Waals surface area contributed by atoms with Crippen molar-refractivity contribution < 1.29 is 22.7 Å². The summed E-state index contributed by atoms with van der Waals surface area (Å²) in [6, 6.07) is 6.78. The monoisotopic (exact) mass is 307 g/mol. The van der Waals surface area contributed by atoms with Gasteiger partial charge in [-0.05, 0) is 24.3 Å². The first-order valence-corrected chi connectivity index (χ1v) is 7.08. The molecule has 0 spiro atoms. The lowest BCUT2D eigenvalue weighted by atomic mass is 10.1. The van der Waals surface area contributed by atoms with E-state index in [0.717, 1.165) is 12.1 Å². The Morgan fingerprint density at radius 3 is 2.59 bits per heavy atom. The number of amides is 1. The van der Waals surface area contributed by atoms with E-state index in [1.807, 2.05) is 0 Å². The quantitative estimate of drug-likeness (QED) is 0.874. The van der Waals surface area contributed by atoms with Crippen LogP contribution < -0.4 is 4.74 Å². The molecule has 0 bridgehead atoms. The maximum atomic E-state index is 13.1. The van der Waals surface area contributed by atoms with Crippen LogP contribution in [0.15, 0.2) is 41.0 Å². The van der Waals surface area contributed by atoms with Gasteiger partial charge in [0.1, 0.15) is 11.9 Å². The number of hydrogen-bond acceptors (Lipinski definition) is 3. The molecule has 1 aromatic heterocycles. The lowest BCUT2D eigenvalue weighted by molar-refractivity contribution is 0.0566. The number of ether oxygens (including phenoxy) is 1. The second kappa shape index (κ2) is 6.17. The van der Waals surface area contributed by atoms with Crippen molar-refractivity contribution in [2.75, 3.05) is 13.1 Å². The van der Waals surface area contributed by atoms with Gasteiger partial charge in [0.25, 0.3) is 5.91 Å². The number of likely N-dealkylation sites (tertiary alicyclic amines) is 1. The van der Waals surface area contributed by atoms with Gasteiger partial charge in [-0.25, -0.2) is 8.78 Å². The summed E-state index contributed by atoms with van der Waals surface area (Å²) in [7, 11) is 0. The Morgan fingerprint density at radius 2 is 1.95 bits per heavy atom. The molecule has 0 aliphatic carbocycles. The SMILES string of the molecule is O=C(c1ccco1)N1CCC(Oc2ccc(F)c(F)c2)CC1. The molecule has 4 nitrogen and oxygen atoms in total. The molecule has 6 heteroatoms. The predicted octanol–water partition coefficient (Wildman–Crippen LogP) is 3.24. The summed E-state index contributed by atoms with van der Waals surface area (Å²) in [6.07, 6.45) is 2.61. The molecule has 2 aromatic rings. The first-order chi connectivity index (χ1) is 10.6. The van der Waals surface area contributed by atoms with E-state index in [0.29, 0.717) is 37.4 Å². The second-order valence-corrected chi connectivity index (χ2v) is 5.16. The molecule has 1 amide bonds. The van der Waals surface area contributed by atoms with Gasteiger partial charge in [-0.2, -0.15) is 0 Å².